The van der Waals surface area contributed by atoms with E-state index in [0.29, 0.717) is 18.8 Å². The first-order chi connectivity index (χ1) is 15.1. The van der Waals surface area contributed by atoms with Crippen LogP contribution < -0.4 is 10.6 Å². The molecule has 2 unspecified atom stereocenters. The number of sulfonamides is 1. The van der Waals surface area contributed by atoms with E-state index in [0.717, 1.165) is 6.42 Å². The van der Waals surface area contributed by atoms with Crippen LogP contribution in [0.4, 0.5) is 10.1 Å². The molecule has 1 aliphatic rings. The molecule has 1 saturated heterocycles. The number of rotatable bonds is 7. The van der Waals surface area contributed by atoms with Gasteiger partial charge in [-0.25, -0.2) is 12.8 Å². The van der Waals surface area contributed by atoms with E-state index < -0.39 is 27.7 Å². The zero-order valence-electron chi connectivity index (χ0n) is 18.2. The van der Waals surface area contributed by atoms with Crippen molar-refractivity contribution in [2.24, 2.45) is 17.6 Å². The fraction of sp³-hybridized carbons (Fsp3) is 0.391. The van der Waals surface area contributed by atoms with Crippen molar-refractivity contribution in [3.8, 4) is 0 Å². The first kappa shape index (κ1) is 23.9. The normalized spacial score (nSPS) is 19.5. The number of amides is 2. The van der Waals surface area contributed by atoms with Crippen LogP contribution in [-0.4, -0.2) is 44.2 Å². The van der Waals surface area contributed by atoms with E-state index in [2.05, 4.69) is 0 Å². The minimum Gasteiger partial charge on any atom is -0.370 e. The zero-order valence-corrected chi connectivity index (χ0v) is 19.0. The second kappa shape index (κ2) is 9.79. The molecule has 2 aromatic rings. The van der Waals surface area contributed by atoms with Crippen molar-refractivity contribution in [1.82, 2.24) is 4.31 Å². The Morgan fingerprint density at radius 3 is 2.31 bits per heavy atom. The molecule has 9 heteroatoms. The average molecular weight is 462 g/mol. The highest BCUT2D eigenvalue weighted by atomic mass is 32.2. The fourth-order valence-corrected chi connectivity index (χ4v) is 5.81. The molecule has 2 amide bonds. The van der Waals surface area contributed by atoms with Crippen molar-refractivity contribution in [3.05, 3.63) is 59.9 Å². The summed E-state index contributed by atoms with van der Waals surface area (Å²) < 4.78 is 41.3. The van der Waals surface area contributed by atoms with Crippen LogP contribution in [-0.2, 0) is 14.8 Å². The van der Waals surface area contributed by atoms with Gasteiger partial charge in [0.25, 0.3) is 5.91 Å². The molecular weight excluding hydrogens is 433 g/mol. The third kappa shape index (κ3) is 5.52. The number of carbonyl (C=O) groups is 2. The largest absolute Gasteiger partial charge is 0.370 e. The van der Waals surface area contributed by atoms with E-state index in [1.165, 1.54) is 57.7 Å². The van der Waals surface area contributed by atoms with Gasteiger partial charge < -0.3 is 10.6 Å². The molecule has 2 atom stereocenters. The minimum atomic E-state index is -3.77. The summed E-state index contributed by atoms with van der Waals surface area (Å²) in [4.78, 5) is 25.9. The van der Waals surface area contributed by atoms with Crippen molar-refractivity contribution in [1.29, 1.82) is 0 Å². The summed E-state index contributed by atoms with van der Waals surface area (Å²) >= 11 is 0. The molecule has 32 heavy (non-hydrogen) atoms. The second-order valence-corrected chi connectivity index (χ2v) is 10.4. The number of piperidine rings is 1. The predicted molar refractivity (Wildman–Crippen MR) is 120 cm³/mol. The number of halogens is 1. The van der Waals surface area contributed by atoms with Crippen LogP contribution in [0.5, 0.6) is 0 Å². The highest BCUT2D eigenvalue weighted by molar-refractivity contribution is 7.89. The van der Waals surface area contributed by atoms with Crippen LogP contribution in [0.1, 0.15) is 37.0 Å². The van der Waals surface area contributed by atoms with Gasteiger partial charge in [-0.15, -0.1) is 0 Å². The average Bonchev–Trinajstić information content (AvgIpc) is 2.74. The molecule has 0 aliphatic carbocycles. The standard InChI is InChI=1S/C23H28FN3O4S/c1-16-12-17(2)15-26(14-16)32(30,31)21-5-3-4-18(13-21)23(29)27(11-10-22(25)28)20-8-6-19(24)7-9-20/h3-9,13,16-17H,10-12,14-15H2,1-2H3,(H2,25,28). The van der Waals surface area contributed by atoms with Crippen LogP contribution in [0.3, 0.4) is 0 Å². The third-order valence-electron chi connectivity index (χ3n) is 5.52. The Labute approximate surface area is 188 Å². The van der Waals surface area contributed by atoms with E-state index in [9.17, 15) is 22.4 Å². The van der Waals surface area contributed by atoms with Gasteiger partial charge in [0.05, 0.1) is 4.90 Å². The van der Waals surface area contributed by atoms with E-state index in [-0.39, 0.29) is 35.3 Å². The summed E-state index contributed by atoms with van der Waals surface area (Å²) in [5, 5.41) is 0. The molecule has 0 radical (unpaired) electrons. The first-order valence-electron chi connectivity index (χ1n) is 10.5. The van der Waals surface area contributed by atoms with Gasteiger partial charge in [0.15, 0.2) is 0 Å². The van der Waals surface area contributed by atoms with Gasteiger partial charge in [-0.3, -0.25) is 9.59 Å². The zero-order chi connectivity index (χ0) is 23.5. The Morgan fingerprint density at radius 2 is 1.72 bits per heavy atom. The number of carbonyl (C=O) groups excluding carboxylic acids is 2. The summed E-state index contributed by atoms with van der Waals surface area (Å²) in [5.41, 5.74) is 5.78. The molecule has 3 rings (SSSR count). The molecule has 2 N–H and O–H groups in total. The van der Waals surface area contributed by atoms with E-state index in [4.69, 9.17) is 5.73 Å². The molecule has 0 aromatic heterocycles. The van der Waals surface area contributed by atoms with Crippen molar-refractivity contribution >= 4 is 27.5 Å². The van der Waals surface area contributed by atoms with E-state index in [1.54, 1.807) is 0 Å². The number of anilines is 1. The van der Waals surface area contributed by atoms with E-state index in [1.807, 2.05) is 13.8 Å². The smallest absolute Gasteiger partial charge is 0.258 e. The first-order valence-corrected chi connectivity index (χ1v) is 12.0. The highest BCUT2D eigenvalue weighted by Gasteiger charge is 2.32. The third-order valence-corrected chi connectivity index (χ3v) is 7.35. The van der Waals surface area contributed by atoms with Gasteiger partial charge in [0.2, 0.25) is 15.9 Å². The Balaban J connectivity index is 1.92. The Hall–Kier alpha value is -2.78. The molecule has 1 aliphatic heterocycles. The van der Waals surface area contributed by atoms with E-state index >= 15 is 0 Å². The molecule has 2 aromatic carbocycles. The van der Waals surface area contributed by atoms with Crippen LogP contribution >= 0.6 is 0 Å². The number of benzene rings is 2. The quantitative estimate of drug-likeness (QED) is 0.685. The van der Waals surface area contributed by atoms with Crippen LogP contribution in [0.15, 0.2) is 53.4 Å². The number of primary amides is 1. The van der Waals surface area contributed by atoms with Crippen molar-refractivity contribution in [2.45, 2.75) is 31.6 Å². The van der Waals surface area contributed by atoms with Gasteiger partial charge >= 0.3 is 0 Å². The topological polar surface area (TPSA) is 101 Å². The lowest BCUT2D eigenvalue weighted by atomic mass is 9.94. The number of nitrogens with two attached hydrogens (primary N) is 1. The molecule has 0 bridgehead atoms. The highest BCUT2D eigenvalue weighted by Crippen LogP contribution is 2.27. The SMILES string of the molecule is CC1CC(C)CN(S(=O)(=O)c2cccc(C(=O)N(CCC(N)=O)c3ccc(F)cc3)c2)C1. The number of hydrogen-bond donors (Lipinski definition) is 1. The maximum atomic E-state index is 13.4. The summed E-state index contributed by atoms with van der Waals surface area (Å²) in [6.45, 7) is 4.91. The van der Waals surface area contributed by atoms with Crippen molar-refractivity contribution in [2.75, 3.05) is 24.5 Å². The Morgan fingerprint density at radius 1 is 1.09 bits per heavy atom. The number of hydrogen-bond acceptors (Lipinski definition) is 4. The van der Waals surface area contributed by atoms with Gasteiger partial charge in [0, 0.05) is 37.3 Å². The minimum absolute atomic E-state index is 0.0159. The van der Waals surface area contributed by atoms with Crippen molar-refractivity contribution < 1.29 is 22.4 Å². The summed E-state index contributed by atoms with van der Waals surface area (Å²) in [7, 11) is -3.77. The summed E-state index contributed by atoms with van der Waals surface area (Å²) in [6, 6.07) is 11.1. The molecule has 1 fully saturated rings. The van der Waals surface area contributed by atoms with Gasteiger partial charge in [0.1, 0.15) is 5.82 Å². The lowest BCUT2D eigenvalue weighted by Crippen LogP contribution is -2.42. The van der Waals surface area contributed by atoms with Crippen LogP contribution in [0.25, 0.3) is 0 Å². The van der Waals surface area contributed by atoms with Gasteiger partial charge in [-0.2, -0.15) is 4.31 Å². The lowest BCUT2D eigenvalue weighted by Gasteiger charge is -2.34. The maximum absolute atomic E-state index is 13.4. The van der Waals surface area contributed by atoms with Crippen molar-refractivity contribution in [3.63, 3.8) is 0 Å². The van der Waals surface area contributed by atoms with Crippen LogP contribution in [0.2, 0.25) is 0 Å². The van der Waals surface area contributed by atoms with Gasteiger partial charge in [-0.1, -0.05) is 19.9 Å². The second-order valence-electron chi connectivity index (χ2n) is 8.45. The summed E-state index contributed by atoms with van der Waals surface area (Å²) in [5.74, 6) is -1.05. The molecule has 1 heterocycles. The van der Waals surface area contributed by atoms with Crippen LogP contribution in [0, 0.1) is 17.7 Å². The maximum Gasteiger partial charge on any atom is 0.258 e. The lowest BCUT2D eigenvalue weighted by molar-refractivity contribution is -0.117. The monoisotopic (exact) mass is 461 g/mol. The number of nitrogens with zero attached hydrogens (tertiary/aromatic N) is 2. The molecule has 0 spiro atoms. The molecule has 172 valence electrons. The fourth-order valence-electron chi connectivity index (χ4n) is 4.09. The van der Waals surface area contributed by atoms with Gasteiger partial charge in [-0.05, 0) is 60.7 Å². The predicted octanol–water partition coefficient (Wildman–Crippen LogP) is 3.01. The Kier molecular flexibility index (Phi) is 7.30. The molecule has 0 saturated carbocycles. The Bertz CT molecular complexity index is 1080. The molecular formula is C23H28FN3O4S. The molecule has 7 nitrogen and oxygen atoms in total. The summed E-state index contributed by atoms with van der Waals surface area (Å²) in [6.07, 6.45) is 0.877.